The summed E-state index contributed by atoms with van der Waals surface area (Å²) in [5.74, 6) is 0.592. The summed E-state index contributed by atoms with van der Waals surface area (Å²) in [5.41, 5.74) is 0. The van der Waals surface area contributed by atoms with Crippen molar-refractivity contribution in [2.24, 2.45) is 0 Å². The quantitative estimate of drug-likeness (QED) is 0.503. The van der Waals surface area contributed by atoms with Crippen molar-refractivity contribution in [2.45, 2.75) is 0 Å². The van der Waals surface area contributed by atoms with E-state index in [-0.39, 0.29) is 0 Å². The minimum Gasteiger partial charge on any atom is -0.790 e. The fourth-order valence-corrected chi connectivity index (χ4v) is 6.45. The van der Waals surface area contributed by atoms with Crippen molar-refractivity contribution in [3.05, 3.63) is 91.0 Å². The molecule has 0 saturated carbocycles. The molecular weight excluding hydrogens is 319 g/mol. The van der Waals surface area contributed by atoms with Gasteiger partial charge in [-0.05, 0) is 36.4 Å². The van der Waals surface area contributed by atoms with Crippen molar-refractivity contribution < 1.29 is 4.52 Å². The predicted octanol–water partition coefficient (Wildman–Crippen LogP) is 3.46. The van der Waals surface area contributed by atoms with Gasteiger partial charge in [-0.25, -0.2) is 4.52 Å². The van der Waals surface area contributed by atoms with Crippen LogP contribution < -0.4 is 15.9 Å². The zero-order valence-electron chi connectivity index (χ0n) is 12.8. The second kappa shape index (κ2) is 7.79. The highest BCUT2D eigenvalue weighted by Gasteiger charge is 2.47. The zero-order chi connectivity index (χ0) is 16.0. The summed E-state index contributed by atoms with van der Waals surface area (Å²) in [4.78, 5) is 0. The fraction of sp³-hybridized carbons (Fsp3) is 0.100. The first kappa shape index (κ1) is 16.3. The van der Waals surface area contributed by atoms with Crippen molar-refractivity contribution in [1.29, 1.82) is 0 Å². The van der Waals surface area contributed by atoms with Gasteiger partial charge in [0.15, 0.2) is 0 Å². The van der Waals surface area contributed by atoms with Crippen LogP contribution in [0.3, 0.4) is 0 Å². The van der Waals surface area contributed by atoms with Crippen LogP contribution in [0.25, 0.3) is 0 Å². The molecule has 0 aliphatic rings. The Morgan fingerprint density at radius 3 is 1.26 bits per heavy atom. The monoisotopic (exact) mass is 338 g/mol. The lowest BCUT2D eigenvalue weighted by Crippen LogP contribution is -2.33. The minimum atomic E-state index is -2.14. The van der Waals surface area contributed by atoms with Gasteiger partial charge in [0.1, 0.15) is 15.9 Å². The molecule has 0 unspecified atom stereocenters. The molecule has 0 amide bonds. The number of hydrogen-bond acceptors (Lipinski definition) is 2. The van der Waals surface area contributed by atoms with Crippen LogP contribution in [0.5, 0.6) is 0 Å². The van der Waals surface area contributed by atoms with Gasteiger partial charge in [0.05, 0.1) is 6.61 Å². The second-order valence-electron chi connectivity index (χ2n) is 5.15. The summed E-state index contributed by atoms with van der Waals surface area (Å²) in [6.07, 6.45) is 0. The summed E-state index contributed by atoms with van der Waals surface area (Å²) in [5, 5.41) is 3.67. The molecule has 1 nitrogen and oxygen atoms in total. The van der Waals surface area contributed by atoms with Gasteiger partial charge in [-0.1, -0.05) is 54.6 Å². The maximum absolute atomic E-state index is 6.54. The molecule has 116 valence electrons. The third-order valence-corrected chi connectivity index (χ3v) is 7.54. The average molecular weight is 338 g/mol. The normalized spacial score (nSPS) is 11.3. The zero-order valence-corrected chi connectivity index (χ0v) is 14.5. The lowest BCUT2D eigenvalue weighted by molar-refractivity contribution is 0.385. The molecule has 3 aromatic carbocycles. The van der Waals surface area contributed by atoms with Crippen molar-refractivity contribution in [2.75, 3.05) is 12.4 Å². The van der Waals surface area contributed by atoms with Crippen molar-refractivity contribution in [3.8, 4) is 0 Å². The van der Waals surface area contributed by atoms with Crippen LogP contribution >= 0.6 is 7.49 Å². The predicted molar refractivity (Wildman–Crippen MR) is 103 cm³/mol. The highest BCUT2D eigenvalue weighted by molar-refractivity contribution is 7.91. The molecule has 3 rings (SSSR count). The van der Waals surface area contributed by atoms with E-state index in [9.17, 15) is 0 Å². The average Bonchev–Trinajstić information content (AvgIpc) is 2.65. The summed E-state index contributed by atoms with van der Waals surface area (Å²) in [7, 11) is -2.14. The van der Waals surface area contributed by atoms with E-state index >= 15 is 0 Å². The van der Waals surface area contributed by atoms with Gasteiger partial charge in [0, 0.05) is 0 Å². The van der Waals surface area contributed by atoms with Gasteiger partial charge in [-0.2, -0.15) is 0 Å². The Bertz CT molecular complexity index is 620. The van der Waals surface area contributed by atoms with Crippen molar-refractivity contribution >= 4 is 36.0 Å². The van der Waals surface area contributed by atoms with E-state index in [0.29, 0.717) is 12.4 Å². The molecule has 0 spiro atoms. The van der Waals surface area contributed by atoms with E-state index in [1.165, 1.54) is 15.9 Å². The molecule has 0 N–H and O–H groups in total. The highest BCUT2D eigenvalue weighted by atomic mass is 32.1. The van der Waals surface area contributed by atoms with Gasteiger partial charge < -0.3 is 12.6 Å². The summed E-state index contributed by atoms with van der Waals surface area (Å²) >= 11 is 5.16. The van der Waals surface area contributed by atoms with Gasteiger partial charge in [0.25, 0.3) is 0 Å². The van der Waals surface area contributed by atoms with Gasteiger partial charge in [-0.15, -0.1) is 5.75 Å². The lowest BCUT2D eigenvalue weighted by Gasteiger charge is -2.26. The van der Waals surface area contributed by atoms with E-state index in [0.717, 1.165) is 0 Å². The van der Waals surface area contributed by atoms with Crippen LogP contribution in [0, 0.1) is 0 Å². The van der Waals surface area contributed by atoms with Crippen molar-refractivity contribution in [1.82, 2.24) is 0 Å². The summed E-state index contributed by atoms with van der Waals surface area (Å²) < 4.78 is 6.54. The molecule has 0 saturated heterocycles. The molecule has 0 radical (unpaired) electrons. The van der Waals surface area contributed by atoms with Crippen LogP contribution in [0.2, 0.25) is 0 Å². The second-order valence-corrected chi connectivity index (χ2v) is 8.59. The van der Waals surface area contributed by atoms with Crippen LogP contribution in [0.4, 0.5) is 0 Å². The van der Waals surface area contributed by atoms with E-state index in [2.05, 4.69) is 72.8 Å². The highest BCUT2D eigenvalue weighted by Crippen LogP contribution is 2.56. The van der Waals surface area contributed by atoms with Crippen LogP contribution in [-0.2, 0) is 17.2 Å². The Morgan fingerprint density at radius 1 is 0.609 bits per heavy atom. The van der Waals surface area contributed by atoms with Crippen molar-refractivity contribution in [3.63, 3.8) is 0 Å². The molecule has 0 heterocycles. The molecular formula is C20H19OPS. The molecule has 3 heteroatoms. The number of rotatable bonds is 6. The molecule has 0 aliphatic carbocycles. The van der Waals surface area contributed by atoms with E-state index in [1.807, 2.05) is 18.2 Å². The van der Waals surface area contributed by atoms with E-state index in [1.54, 1.807) is 0 Å². The Labute approximate surface area is 144 Å². The first-order chi connectivity index (χ1) is 11.4. The Morgan fingerprint density at radius 2 is 0.957 bits per heavy atom. The largest absolute Gasteiger partial charge is 0.790 e. The third-order valence-electron chi connectivity index (χ3n) is 3.73. The maximum atomic E-state index is 6.54. The molecule has 0 bridgehead atoms. The SMILES string of the molecule is [S-]CCO[P+](c1ccccc1)(c1ccccc1)c1ccccc1. The summed E-state index contributed by atoms with van der Waals surface area (Å²) in [6, 6.07) is 31.6. The fourth-order valence-electron chi connectivity index (χ4n) is 2.76. The first-order valence-corrected chi connectivity index (χ1v) is 9.95. The maximum Gasteiger partial charge on any atom is 0.242 e. The number of hydrogen-bond donors (Lipinski definition) is 0. The molecule has 0 aromatic heterocycles. The molecule has 23 heavy (non-hydrogen) atoms. The van der Waals surface area contributed by atoms with Gasteiger partial charge in [0.2, 0.25) is 7.49 Å². The third kappa shape index (κ3) is 3.35. The van der Waals surface area contributed by atoms with E-state index in [4.69, 9.17) is 17.2 Å². The molecule has 3 aromatic rings. The molecule has 0 atom stereocenters. The van der Waals surface area contributed by atoms with E-state index < -0.39 is 7.49 Å². The first-order valence-electron chi connectivity index (χ1n) is 7.66. The van der Waals surface area contributed by atoms with Crippen LogP contribution in [0.1, 0.15) is 0 Å². The lowest BCUT2D eigenvalue weighted by atomic mass is 10.4. The summed E-state index contributed by atoms with van der Waals surface area (Å²) in [6.45, 7) is 0.571. The van der Waals surface area contributed by atoms with Gasteiger partial charge >= 0.3 is 0 Å². The standard InChI is InChI=1S/C20H19OPS/c23-17-16-21-22(18-10-4-1-5-11-18,19-12-6-2-7-13-19)20-14-8-3-9-15-20/h1-15H,16-17H2. The topological polar surface area (TPSA) is 9.23 Å². The van der Waals surface area contributed by atoms with Gasteiger partial charge in [-0.3, -0.25) is 0 Å². The Balaban J connectivity index is 2.25. The van der Waals surface area contributed by atoms with Crippen LogP contribution in [-0.4, -0.2) is 12.4 Å². The number of benzene rings is 3. The molecule has 0 fully saturated rings. The van der Waals surface area contributed by atoms with Crippen LogP contribution in [0.15, 0.2) is 91.0 Å². The smallest absolute Gasteiger partial charge is 0.242 e. The molecule has 0 aliphatic heterocycles. The minimum absolute atomic E-state index is 0.571. The Hall–Kier alpha value is -1.60. The Kier molecular flexibility index (Phi) is 5.51.